The van der Waals surface area contributed by atoms with Crippen LogP contribution in [-0.4, -0.2) is 41.8 Å². The third-order valence-corrected chi connectivity index (χ3v) is 7.54. The van der Waals surface area contributed by atoms with Crippen molar-refractivity contribution in [3.8, 4) is 22.4 Å². The van der Waals surface area contributed by atoms with Gasteiger partial charge in [0.2, 0.25) is 0 Å². The van der Waals surface area contributed by atoms with Crippen molar-refractivity contribution in [1.82, 2.24) is 15.0 Å². The predicted molar refractivity (Wildman–Crippen MR) is 114 cm³/mol. The fourth-order valence-corrected chi connectivity index (χ4v) is 5.10. The minimum Gasteiger partial charge on any atom is -0.379 e. The fourth-order valence-electron chi connectivity index (χ4n) is 3.39. The van der Waals surface area contributed by atoms with Gasteiger partial charge in [-0.2, -0.15) is 0 Å². The molecule has 1 saturated heterocycles. The molecule has 1 fully saturated rings. The maximum absolute atomic E-state index is 12.5. The van der Waals surface area contributed by atoms with Crippen molar-refractivity contribution >= 4 is 32.6 Å². The molecule has 30 heavy (non-hydrogen) atoms. The lowest BCUT2D eigenvalue weighted by Crippen LogP contribution is -2.40. The third kappa shape index (κ3) is 3.23. The van der Waals surface area contributed by atoms with Gasteiger partial charge in [-0.1, -0.05) is 48.0 Å². The minimum absolute atomic E-state index is 0.255. The van der Waals surface area contributed by atoms with E-state index < -0.39 is 15.1 Å². The van der Waals surface area contributed by atoms with Crippen molar-refractivity contribution in [2.24, 2.45) is 0 Å². The normalized spacial score (nSPS) is 14.7. The first-order chi connectivity index (χ1) is 14.4. The molecule has 0 aliphatic carbocycles. The van der Waals surface area contributed by atoms with Crippen LogP contribution in [-0.2, 0) is 14.6 Å². The van der Waals surface area contributed by atoms with E-state index in [1.54, 1.807) is 30.3 Å². The lowest BCUT2D eigenvalue weighted by molar-refractivity contribution is 0.0416. The van der Waals surface area contributed by atoms with Gasteiger partial charge < -0.3 is 9.72 Å². The van der Waals surface area contributed by atoms with Crippen molar-refractivity contribution in [3.63, 3.8) is 0 Å². The van der Waals surface area contributed by atoms with Crippen molar-refractivity contribution in [2.75, 3.05) is 13.2 Å². The Kier molecular flexibility index (Phi) is 4.50. The Morgan fingerprint density at radius 1 is 0.933 bits per heavy atom. The first-order valence-electron chi connectivity index (χ1n) is 9.23. The Hall–Kier alpha value is -2.94. The number of nitrogens with one attached hydrogen (secondary N) is 2. The summed E-state index contributed by atoms with van der Waals surface area (Å²) in [5, 5.41) is -0.0211. The smallest absolute Gasteiger partial charge is 0.325 e. The van der Waals surface area contributed by atoms with Crippen LogP contribution in [0.4, 0.5) is 0 Å². The molecule has 0 bridgehead atoms. The summed E-state index contributed by atoms with van der Waals surface area (Å²) in [5.41, 5.74) is 3.85. The number of halogens is 1. The lowest BCUT2D eigenvalue weighted by atomic mass is 10.0. The van der Waals surface area contributed by atoms with Gasteiger partial charge in [-0.3, -0.25) is 4.98 Å². The fraction of sp³-hybridized carbons (Fsp3) is 0.143. The molecule has 4 aromatic rings. The number of hydrogen-bond donors (Lipinski definition) is 2. The van der Waals surface area contributed by atoms with Gasteiger partial charge in [-0.25, -0.2) is 18.2 Å². The van der Waals surface area contributed by atoms with Crippen molar-refractivity contribution in [2.45, 2.75) is 10.1 Å². The first-order valence-corrected chi connectivity index (χ1v) is 11.2. The number of sulfone groups is 1. The number of nitrogens with zero attached hydrogens (tertiary/aromatic N) is 1. The van der Waals surface area contributed by atoms with Crippen LogP contribution in [0.3, 0.4) is 0 Å². The molecule has 7 nitrogen and oxygen atoms in total. The number of aromatic amines is 2. The highest BCUT2D eigenvalue weighted by Gasteiger charge is 2.33. The third-order valence-electron chi connectivity index (χ3n) is 5.18. The molecule has 0 amide bonds. The van der Waals surface area contributed by atoms with E-state index in [4.69, 9.17) is 16.3 Å². The van der Waals surface area contributed by atoms with Crippen molar-refractivity contribution in [1.29, 1.82) is 0 Å². The number of hydrogen-bond acceptors (Lipinski definition) is 5. The second kappa shape index (κ2) is 7.09. The number of ether oxygens (including phenoxy) is 1. The van der Waals surface area contributed by atoms with E-state index in [0.29, 0.717) is 26.8 Å². The standard InChI is InChI=1S/C21H16ClN3O4S/c22-17-9-18-20(25-21(26)23-18)24-19(17)14-3-1-12(2-4-14)13-5-7-15(8-6-13)30(27,28)16-10-29-11-16/h1-9,16H,10-11H2,(H2,23,24,25,26). The molecule has 9 heteroatoms. The van der Waals surface area contributed by atoms with E-state index in [9.17, 15) is 13.2 Å². The molecule has 5 rings (SSSR count). The molecule has 2 N–H and O–H groups in total. The van der Waals surface area contributed by atoms with Gasteiger partial charge in [-0.15, -0.1) is 0 Å². The zero-order valence-corrected chi connectivity index (χ0v) is 17.1. The molecule has 2 aromatic heterocycles. The summed E-state index contributed by atoms with van der Waals surface area (Å²) in [4.78, 5) is 21.5. The molecule has 152 valence electrons. The van der Waals surface area contributed by atoms with Crippen LogP contribution in [0, 0.1) is 0 Å². The number of aromatic nitrogens is 3. The van der Waals surface area contributed by atoms with E-state index in [-0.39, 0.29) is 18.9 Å². The van der Waals surface area contributed by atoms with Crippen LogP contribution in [0.2, 0.25) is 5.02 Å². The molecule has 0 spiro atoms. The summed E-state index contributed by atoms with van der Waals surface area (Å²) < 4.78 is 29.9. The number of imidazole rings is 1. The van der Waals surface area contributed by atoms with Gasteiger partial charge in [0.05, 0.1) is 34.3 Å². The quantitative estimate of drug-likeness (QED) is 0.505. The van der Waals surface area contributed by atoms with Gasteiger partial charge >= 0.3 is 5.69 Å². The summed E-state index contributed by atoms with van der Waals surface area (Å²) in [6.07, 6.45) is 0. The van der Waals surface area contributed by atoms with Crippen molar-refractivity contribution < 1.29 is 13.2 Å². The van der Waals surface area contributed by atoms with Gasteiger partial charge in [0.15, 0.2) is 15.5 Å². The molecule has 1 aliphatic rings. The first kappa shape index (κ1) is 19.0. The number of benzene rings is 2. The Bertz CT molecular complexity index is 1400. The number of fused-ring (bicyclic) bond motifs is 1. The molecule has 1 aliphatic heterocycles. The number of rotatable bonds is 4. The maximum Gasteiger partial charge on any atom is 0.325 e. The Morgan fingerprint density at radius 2 is 1.53 bits per heavy atom. The predicted octanol–water partition coefficient (Wildman–Crippen LogP) is 3.41. The Labute approximate surface area is 176 Å². The topological polar surface area (TPSA) is 105 Å². The van der Waals surface area contributed by atoms with Crippen LogP contribution in [0.15, 0.2) is 64.3 Å². The van der Waals surface area contributed by atoms with E-state index in [1.165, 1.54) is 0 Å². The van der Waals surface area contributed by atoms with Crippen LogP contribution in [0.1, 0.15) is 0 Å². The highest BCUT2D eigenvalue weighted by atomic mass is 35.5. The number of H-pyrrole nitrogens is 2. The average Bonchev–Trinajstić information content (AvgIpc) is 3.05. The SMILES string of the molecule is O=c1[nH]c2cc(Cl)c(-c3ccc(-c4ccc(S(=O)(=O)C5COC5)cc4)cc3)nc2[nH]1. The lowest BCUT2D eigenvalue weighted by Gasteiger charge is -2.25. The van der Waals surface area contributed by atoms with Crippen LogP contribution < -0.4 is 5.69 Å². The molecule has 0 radical (unpaired) electrons. The van der Waals surface area contributed by atoms with Gasteiger partial charge in [0.1, 0.15) is 5.25 Å². The largest absolute Gasteiger partial charge is 0.379 e. The Morgan fingerprint density at radius 3 is 2.13 bits per heavy atom. The van der Waals surface area contributed by atoms with Gasteiger partial charge in [0, 0.05) is 5.56 Å². The summed E-state index contributed by atoms with van der Waals surface area (Å²) in [5.74, 6) is 0. The molecular formula is C21H16ClN3O4S. The van der Waals surface area contributed by atoms with E-state index in [0.717, 1.165) is 16.7 Å². The van der Waals surface area contributed by atoms with E-state index >= 15 is 0 Å². The maximum atomic E-state index is 12.5. The summed E-state index contributed by atoms with van der Waals surface area (Å²) in [7, 11) is -3.34. The highest BCUT2D eigenvalue weighted by molar-refractivity contribution is 7.92. The molecule has 3 heterocycles. The van der Waals surface area contributed by atoms with E-state index in [2.05, 4.69) is 15.0 Å². The highest BCUT2D eigenvalue weighted by Crippen LogP contribution is 2.31. The molecule has 0 saturated carbocycles. The molecule has 0 atom stereocenters. The molecule has 2 aromatic carbocycles. The summed E-state index contributed by atoms with van der Waals surface area (Å²) in [6.45, 7) is 0.509. The molecular weight excluding hydrogens is 426 g/mol. The monoisotopic (exact) mass is 441 g/mol. The van der Waals surface area contributed by atoms with E-state index in [1.807, 2.05) is 24.3 Å². The van der Waals surface area contributed by atoms with Crippen LogP contribution >= 0.6 is 11.6 Å². The average molecular weight is 442 g/mol. The second-order valence-electron chi connectivity index (χ2n) is 7.10. The minimum atomic E-state index is -3.34. The molecule has 0 unspecified atom stereocenters. The Balaban J connectivity index is 1.44. The van der Waals surface area contributed by atoms with Crippen LogP contribution in [0.25, 0.3) is 33.5 Å². The second-order valence-corrected chi connectivity index (χ2v) is 9.74. The van der Waals surface area contributed by atoms with Crippen molar-refractivity contribution in [3.05, 3.63) is 70.1 Å². The number of pyridine rings is 1. The van der Waals surface area contributed by atoms with Gasteiger partial charge in [0.25, 0.3) is 0 Å². The van der Waals surface area contributed by atoms with Gasteiger partial charge in [-0.05, 0) is 29.3 Å². The summed E-state index contributed by atoms with van der Waals surface area (Å²) >= 11 is 6.34. The zero-order valence-electron chi connectivity index (χ0n) is 15.6. The zero-order chi connectivity index (χ0) is 20.9. The summed E-state index contributed by atoms with van der Waals surface area (Å²) in [6, 6.07) is 16.1. The van der Waals surface area contributed by atoms with Crippen LogP contribution in [0.5, 0.6) is 0 Å².